The number of thioether (sulfide) groups is 1. The van der Waals surface area contributed by atoms with Crippen molar-refractivity contribution >= 4 is 17.5 Å². The van der Waals surface area contributed by atoms with Crippen molar-refractivity contribution in [3.8, 4) is 0 Å². The molecule has 0 aliphatic carbocycles. The lowest BCUT2D eigenvalue weighted by Crippen LogP contribution is -2.09. The van der Waals surface area contributed by atoms with Crippen LogP contribution in [0.25, 0.3) is 0 Å². The molecular weight excluding hydrogens is 240 g/mol. The smallest absolute Gasteiger partial charge is 0.164 e. The molecule has 1 aromatic carbocycles. The van der Waals surface area contributed by atoms with Crippen LogP contribution in [0, 0.1) is 5.92 Å². The Bertz CT molecular complexity index is 373. The van der Waals surface area contributed by atoms with E-state index in [1.165, 1.54) is 19.3 Å². The standard InChI is InChI=1S/C16H24OS/c1-4-6-9-13(5-2)12-15(17)14-10-7-8-11-16(14)18-3/h7-8,10-11,13H,4-6,9,12H2,1-3H3. The first-order valence-electron chi connectivity index (χ1n) is 6.89. The third kappa shape index (κ3) is 4.49. The first-order valence-corrected chi connectivity index (χ1v) is 8.11. The Balaban J connectivity index is 2.68. The average Bonchev–Trinajstić information content (AvgIpc) is 2.43. The van der Waals surface area contributed by atoms with Gasteiger partial charge < -0.3 is 0 Å². The first-order chi connectivity index (χ1) is 8.72. The lowest BCUT2D eigenvalue weighted by Gasteiger charge is -2.14. The van der Waals surface area contributed by atoms with Crippen LogP contribution in [-0.2, 0) is 0 Å². The van der Waals surface area contributed by atoms with Gasteiger partial charge in [-0.25, -0.2) is 0 Å². The molecule has 0 heterocycles. The van der Waals surface area contributed by atoms with Crippen LogP contribution in [-0.4, -0.2) is 12.0 Å². The van der Waals surface area contributed by atoms with Gasteiger partial charge in [-0.15, -0.1) is 11.8 Å². The maximum atomic E-state index is 12.3. The third-order valence-electron chi connectivity index (χ3n) is 3.42. The zero-order valence-electron chi connectivity index (χ0n) is 11.7. The fourth-order valence-electron chi connectivity index (χ4n) is 2.19. The Hall–Kier alpha value is -0.760. The highest BCUT2D eigenvalue weighted by molar-refractivity contribution is 7.98. The van der Waals surface area contributed by atoms with Gasteiger partial charge in [0.05, 0.1) is 0 Å². The van der Waals surface area contributed by atoms with E-state index in [1.54, 1.807) is 11.8 Å². The summed E-state index contributed by atoms with van der Waals surface area (Å²) in [6.07, 6.45) is 7.46. The zero-order chi connectivity index (χ0) is 13.4. The van der Waals surface area contributed by atoms with Gasteiger partial charge in [-0.3, -0.25) is 4.79 Å². The molecule has 1 aromatic rings. The van der Waals surface area contributed by atoms with E-state index >= 15 is 0 Å². The number of unbranched alkanes of at least 4 members (excludes halogenated alkanes) is 1. The summed E-state index contributed by atoms with van der Waals surface area (Å²) in [7, 11) is 0. The second-order valence-electron chi connectivity index (χ2n) is 4.74. The van der Waals surface area contributed by atoms with Gasteiger partial charge >= 0.3 is 0 Å². The van der Waals surface area contributed by atoms with Crippen molar-refractivity contribution in [3.63, 3.8) is 0 Å². The summed E-state index contributed by atoms with van der Waals surface area (Å²) >= 11 is 1.66. The topological polar surface area (TPSA) is 17.1 Å². The molecule has 0 fully saturated rings. The van der Waals surface area contributed by atoms with E-state index in [-0.39, 0.29) is 0 Å². The van der Waals surface area contributed by atoms with Crippen molar-refractivity contribution in [1.29, 1.82) is 0 Å². The minimum Gasteiger partial charge on any atom is -0.294 e. The maximum absolute atomic E-state index is 12.3. The maximum Gasteiger partial charge on any atom is 0.164 e. The van der Waals surface area contributed by atoms with Gasteiger partial charge in [-0.2, -0.15) is 0 Å². The lowest BCUT2D eigenvalue weighted by molar-refractivity contribution is 0.0954. The SMILES string of the molecule is CCCCC(CC)CC(=O)c1ccccc1SC. The Labute approximate surface area is 115 Å². The van der Waals surface area contributed by atoms with Crippen LogP contribution < -0.4 is 0 Å². The minimum absolute atomic E-state index is 0.308. The van der Waals surface area contributed by atoms with Crippen LogP contribution in [0.5, 0.6) is 0 Å². The second-order valence-corrected chi connectivity index (χ2v) is 5.59. The molecule has 1 atom stereocenters. The lowest BCUT2D eigenvalue weighted by atomic mass is 9.91. The Morgan fingerprint density at radius 2 is 2.00 bits per heavy atom. The molecule has 0 spiro atoms. The van der Waals surface area contributed by atoms with Gasteiger partial charge in [0, 0.05) is 16.9 Å². The highest BCUT2D eigenvalue weighted by Gasteiger charge is 2.15. The van der Waals surface area contributed by atoms with Crippen molar-refractivity contribution in [2.24, 2.45) is 5.92 Å². The Morgan fingerprint density at radius 1 is 1.28 bits per heavy atom. The molecule has 1 unspecified atom stereocenters. The highest BCUT2D eigenvalue weighted by atomic mass is 32.2. The molecule has 0 radical (unpaired) electrons. The van der Waals surface area contributed by atoms with Crippen LogP contribution in [0.2, 0.25) is 0 Å². The summed E-state index contributed by atoms with van der Waals surface area (Å²) in [5.41, 5.74) is 0.903. The first kappa shape index (κ1) is 15.3. The second kappa shape index (κ2) is 8.36. The van der Waals surface area contributed by atoms with Crippen LogP contribution in [0.4, 0.5) is 0 Å². The number of rotatable bonds is 8. The van der Waals surface area contributed by atoms with Gasteiger partial charge in [0.15, 0.2) is 5.78 Å². The van der Waals surface area contributed by atoms with E-state index in [9.17, 15) is 4.79 Å². The molecule has 100 valence electrons. The average molecular weight is 264 g/mol. The fourth-order valence-corrected chi connectivity index (χ4v) is 2.81. The predicted molar refractivity (Wildman–Crippen MR) is 80.5 cm³/mol. The largest absolute Gasteiger partial charge is 0.294 e. The molecular formula is C16H24OS. The zero-order valence-corrected chi connectivity index (χ0v) is 12.6. The molecule has 1 rings (SSSR count). The van der Waals surface area contributed by atoms with Gasteiger partial charge in [0.25, 0.3) is 0 Å². The van der Waals surface area contributed by atoms with Crippen molar-refractivity contribution < 1.29 is 4.79 Å². The quantitative estimate of drug-likeness (QED) is 0.474. The molecule has 0 aliphatic rings. The summed E-state index contributed by atoms with van der Waals surface area (Å²) in [6, 6.07) is 7.95. The molecule has 18 heavy (non-hydrogen) atoms. The molecule has 0 aromatic heterocycles. The van der Waals surface area contributed by atoms with Gasteiger partial charge in [-0.05, 0) is 18.2 Å². The molecule has 2 heteroatoms. The third-order valence-corrected chi connectivity index (χ3v) is 4.22. The van der Waals surface area contributed by atoms with E-state index < -0.39 is 0 Å². The number of carbonyl (C=O) groups excluding carboxylic acids is 1. The molecule has 0 amide bonds. The minimum atomic E-state index is 0.308. The van der Waals surface area contributed by atoms with Crippen LogP contribution in [0.3, 0.4) is 0 Å². The number of hydrogen-bond acceptors (Lipinski definition) is 2. The number of carbonyl (C=O) groups is 1. The van der Waals surface area contributed by atoms with E-state index in [0.717, 1.165) is 16.9 Å². The van der Waals surface area contributed by atoms with E-state index in [0.29, 0.717) is 18.1 Å². The van der Waals surface area contributed by atoms with Gasteiger partial charge in [-0.1, -0.05) is 57.7 Å². The number of Topliss-reactive ketones (excluding diaryl/α,β-unsaturated/α-hetero) is 1. The van der Waals surface area contributed by atoms with Crippen molar-refractivity contribution in [3.05, 3.63) is 29.8 Å². The van der Waals surface area contributed by atoms with Crippen LogP contribution in [0.1, 0.15) is 56.3 Å². The normalized spacial score (nSPS) is 12.4. The Morgan fingerprint density at radius 3 is 2.61 bits per heavy atom. The Kier molecular flexibility index (Phi) is 7.11. The number of hydrogen-bond donors (Lipinski definition) is 0. The molecule has 0 N–H and O–H groups in total. The highest BCUT2D eigenvalue weighted by Crippen LogP contribution is 2.25. The van der Waals surface area contributed by atoms with Crippen LogP contribution >= 0.6 is 11.8 Å². The van der Waals surface area contributed by atoms with Gasteiger partial charge in [0.2, 0.25) is 0 Å². The fraction of sp³-hybridized carbons (Fsp3) is 0.562. The van der Waals surface area contributed by atoms with E-state index in [4.69, 9.17) is 0 Å². The van der Waals surface area contributed by atoms with Crippen molar-refractivity contribution in [2.45, 2.75) is 50.8 Å². The number of benzene rings is 1. The summed E-state index contributed by atoms with van der Waals surface area (Å²) in [4.78, 5) is 13.4. The van der Waals surface area contributed by atoms with Gasteiger partial charge in [0.1, 0.15) is 0 Å². The van der Waals surface area contributed by atoms with Crippen molar-refractivity contribution in [1.82, 2.24) is 0 Å². The number of ketones is 1. The summed E-state index contributed by atoms with van der Waals surface area (Å²) in [5, 5.41) is 0. The molecule has 0 aliphatic heterocycles. The summed E-state index contributed by atoms with van der Waals surface area (Å²) < 4.78 is 0. The summed E-state index contributed by atoms with van der Waals surface area (Å²) in [5.74, 6) is 0.857. The van der Waals surface area contributed by atoms with E-state index in [2.05, 4.69) is 13.8 Å². The van der Waals surface area contributed by atoms with Crippen LogP contribution in [0.15, 0.2) is 29.2 Å². The molecule has 0 saturated heterocycles. The monoisotopic (exact) mass is 264 g/mol. The molecule has 1 nitrogen and oxygen atoms in total. The molecule has 0 bridgehead atoms. The molecule has 0 saturated carbocycles. The van der Waals surface area contributed by atoms with Crippen molar-refractivity contribution in [2.75, 3.05) is 6.26 Å². The summed E-state index contributed by atoms with van der Waals surface area (Å²) in [6.45, 7) is 4.39. The van der Waals surface area contributed by atoms with E-state index in [1.807, 2.05) is 30.5 Å². The predicted octanol–water partition coefficient (Wildman–Crippen LogP) is 5.20.